The molecule has 0 spiro atoms. The molecule has 0 saturated carbocycles. The standard InChI is InChI=1S/C26H37N3O7S2/c1-5-12-28-13-11-21-22(18-28)37-25(23(21)26(31)36-6-2)27-24(30)19-7-9-20(10-8-19)38(32,33)29(14-16-34-3)15-17-35-4/h7-10H,5-6,11-18H2,1-4H3,(H,27,30). The number of amides is 1. The van der Waals surface area contributed by atoms with E-state index in [4.69, 9.17) is 14.2 Å². The van der Waals surface area contributed by atoms with Crippen LogP contribution >= 0.6 is 11.3 Å². The quantitative estimate of drug-likeness (QED) is 0.346. The summed E-state index contributed by atoms with van der Waals surface area (Å²) < 4.78 is 43.0. The maximum Gasteiger partial charge on any atom is 0.341 e. The van der Waals surface area contributed by atoms with E-state index in [1.807, 2.05) is 0 Å². The van der Waals surface area contributed by atoms with Crippen molar-refractivity contribution in [2.75, 3.05) is 65.5 Å². The number of carbonyl (C=O) groups is 2. The number of ether oxygens (including phenoxy) is 3. The van der Waals surface area contributed by atoms with Crippen LogP contribution < -0.4 is 5.32 Å². The minimum atomic E-state index is -3.81. The smallest absolute Gasteiger partial charge is 0.341 e. The van der Waals surface area contributed by atoms with Gasteiger partial charge in [-0.3, -0.25) is 9.69 Å². The Hall–Kier alpha value is -2.35. The number of sulfonamides is 1. The lowest BCUT2D eigenvalue weighted by atomic mass is 10.0. The molecule has 0 bridgehead atoms. The Bertz CT molecular complexity index is 1190. The van der Waals surface area contributed by atoms with Gasteiger partial charge < -0.3 is 19.5 Å². The number of fused-ring (bicyclic) bond motifs is 1. The normalized spacial score (nSPS) is 13.9. The molecule has 2 heterocycles. The molecule has 1 aliphatic heterocycles. The first-order valence-electron chi connectivity index (χ1n) is 12.7. The van der Waals surface area contributed by atoms with Crippen LogP contribution in [0, 0.1) is 0 Å². The highest BCUT2D eigenvalue weighted by Gasteiger charge is 2.30. The molecule has 0 unspecified atom stereocenters. The van der Waals surface area contributed by atoms with Crippen LogP contribution in [0.4, 0.5) is 5.00 Å². The maximum absolute atomic E-state index is 13.1. The van der Waals surface area contributed by atoms with E-state index in [1.54, 1.807) is 6.92 Å². The number of thiophene rings is 1. The number of nitrogens with zero attached hydrogens (tertiary/aromatic N) is 2. The number of nitrogens with one attached hydrogen (secondary N) is 1. The molecule has 0 radical (unpaired) electrons. The molecule has 0 fully saturated rings. The monoisotopic (exact) mass is 567 g/mol. The van der Waals surface area contributed by atoms with E-state index in [2.05, 4.69) is 17.1 Å². The molecular formula is C26H37N3O7S2. The lowest BCUT2D eigenvalue weighted by Gasteiger charge is -2.26. The number of benzene rings is 1. The largest absolute Gasteiger partial charge is 0.462 e. The predicted molar refractivity (Wildman–Crippen MR) is 146 cm³/mol. The second-order valence-corrected chi connectivity index (χ2v) is 11.9. The van der Waals surface area contributed by atoms with E-state index < -0.39 is 21.9 Å². The molecule has 0 saturated heterocycles. The summed E-state index contributed by atoms with van der Waals surface area (Å²) in [4.78, 5) is 29.4. The van der Waals surface area contributed by atoms with E-state index in [-0.39, 0.29) is 43.4 Å². The van der Waals surface area contributed by atoms with Crippen molar-refractivity contribution in [3.63, 3.8) is 0 Å². The Labute approximate surface area is 228 Å². The fraction of sp³-hybridized carbons (Fsp3) is 0.538. The fourth-order valence-electron chi connectivity index (χ4n) is 4.31. The molecule has 1 aromatic heterocycles. The van der Waals surface area contributed by atoms with Crippen LogP contribution in [0.25, 0.3) is 0 Å². The highest BCUT2D eigenvalue weighted by molar-refractivity contribution is 7.89. The van der Waals surface area contributed by atoms with E-state index in [0.29, 0.717) is 17.0 Å². The Balaban J connectivity index is 1.82. The van der Waals surface area contributed by atoms with E-state index >= 15 is 0 Å². The summed E-state index contributed by atoms with van der Waals surface area (Å²) in [5, 5.41) is 3.33. The predicted octanol–water partition coefficient (Wildman–Crippen LogP) is 3.23. The van der Waals surface area contributed by atoms with Crippen LogP contribution in [0.5, 0.6) is 0 Å². The summed E-state index contributed by atoms with van der Waals surface area (Å²) in [5.74, 6) is -0.878. The molecule has 3 rings (SSSR count). The molecular weight excluding hydrogens is 530 g/mol. The lowest BCUT2D eigenvalue weighted by molar-refractivity contribution is 0.0526. The molecule has 1 aliphatic rings. The molecule has 38 heavy (non-hydrogen) atoms. The van der Waals surface area contributed by atoms with Crippen LogP contribution in [0.1, 0.15) is 51.4 Å². The average molecular weight is 568 g/mol. The van der Waals surface area contributed by atoms with Gasteiger partial charge in [0, 0.05) is 50.8 Å². The van der Waals surface area contributed by atoms with Gasteiger partial charge in [0.05, 0.1) is 30.3 Å². The van der Waals surface area contributed by atoms with Crippen LogP contribution in [0.15, 0.2) is 29.2 Å². The topological polar surface area (TPSA) is 114 Å². The van der Waals surface area contributed by atoms with Crippen LogP contribution in [0.3, 0.4) is 0 Å². The molecule has 10 nitrogen and oxygen atoms in total. The van der Waals surface area contributed by atoms with Gasteiger partial charge in [0.25, 0.3) is 5.91 Å². The Morgan fingerprint density at radius 3 is 2.32 bits per heavy atom. The van der Waals surface area contributed by atoms with Gasteiger partial charge in [-0.15, -0.1) is 11.3 Å². The van der Waals surface area contributed by atoms with Gasteiger partial charge in [0.15, 0.2) is 0 Å². The third-order valence-corrected chi connectivity index (χ3v) is 9.27. The van der Waals surface area contributed by atoms with E-state index in [0.717, 1.165) is 36.5 Å². The molecule has 1 aromatic carbocycles. The van der Waals surface area contributed by atoms with E-state index in [1.165, 1.54) is 54.1 Å². The third kappa shape index (κ3) is 7.19. The zero-order valence-corrected chi connectivity index (χ0v) is 24.1. The number of esters is 1. The van der Waals surface area contributed by atoms with Crippen molar-refractivity contribution in [2.45, 2.75) is 38.1 Å². The van der Waals surface area contributed by atoms with Gasteiger partial charge in [-0.25, -0.2) is 13.2 Å². The molecule has 1 amide bonds. The van der Waals surface area contributed by atoms with Gasteiger partial charge in [0.2, 0.25) is 10.0 Å². The van der Waals surface area contributed by atoms with Gasteiger partial charge in [-0.1, -0.05) is 6.92 Å². The van der Waals surface area contributed by atoms with Crippen LogP contribution in [-0.4, -0.2) is 89.7 Å². The Morgan fingerprint density at radius 1 is 1.08 bits per heavy atom. The zero-order valence-electron chi connectivity index (χ0n) is 22.4. The van der Waals surface area contributed by atoms with Crippen LogP contribution in [-0.2, 0) is 37.2 Å². The minimum Gasteiger partial charge on any atom is -0.462 e. The first-order valence-corrected chi connectivity index (χ1v) is 15.0. The van der Waals surface area contributed by atoms with Crippen molar-refractivity contribution in [2.24, 2.45) is 0 Å². The van der Waals surface area contributed by atoms with Crippen molar-refractivity contribution in [1.82, 2.24) is 9.21 Å². The lowest BCUT2D eigenvalue weighted by Crippen LogP contribution is -2.36. The summed E-state index contributed by atoms with van der Waals surface area (Å²) in [7, 11) is -0.791. The third-order valence-electron chi connectivity index (χ3n) is 6.23. The molecule has 0 aliphatic carbocycles. The highest BCUT2D eigenvalue weighted by Crippen LogP contribution is 2.38. The fourth-order valence-corrected chi connectivity index (χ4v) is 6.99. The maximum atomic E-state index is 13.1. The number of hydrogen-bond acceptors (Lipinski definition) is 9. The Kier molecular flexibility index (Phi) is 11.2. The number of methoxy groups -OCH3 is 2. The molecule has 12 heteroatoms. The van der Waals surface area contributed by atoms with E-state index in [9.17, 15) is 18.0 Å². The van der Waals surface area contributed by atoms with Crippen molar-refractivity contribution >= 4 is 38.2 Å². The first-order chi connectivity index (χ1) is 18.3. The number of hydrogen-bond donors (Lipinski definition) is 1. The van der Waals surface area contributed by atoms with Gasteiger partial charge in [0.1, 0.15) is 5.00 Å². The average Bonchev–Trinajstić information content (AvgIpc) is 3.26. The summed E-state index contributed by atoms with van der Waals surface area (Å²) in [6.07, 6.45) is 1.75. The SMILES string of the molecule is CCCN1CCc2c(sc(NC(=O)c3ccc(S(=O)(=O)N(CCOC)CCOC)cc3)c2C(=O)OCC)C1. The summed E-state index contributed by atoms with van der Waals surface area (Å²) in [6, 6.07) is 5.75. The summed E-state index contributed by atoms with van der Waals surface area (Å²) >= 11 is 1.39. The molecule has 2 aromatic rings. The van der Waals surface area contributed by atoms with Crippen molar-refractivity contribution in [1.29, 1.82) is 0 Å². The number of carbonyl (C=O) groups excluding carboxylic acids is 2. The van der Waals surface area contributed by atoms with Crippen LogP contribution in [0.2, 0.25) is 0 Å². The summed E-state index contributed by atoms with van der Waals surface area (Å²) in [5.41, 5.74) is 1.63. The number of anilines is 1. The van der Waals surface area contributed by atoms with Crippen molar-refractivity contribution in [3.05, 3.63) is 45.8 Å². The van der Waals surface area contributed by atoms with Gasteiger partial charge in [-0.2, -0.15) is 4.31 Å². The first kappa shape index (κ1) is 30.2. The molecule has 0 atom stereocenters. The molecule has 1 N–H and O–H groups in total. The molecule has 210 valence electrons. The Morgan fingerprint density at radius 2 is 1.74 bits per heavy atom. The van der Waals surface area contributed by atoms with Gasteiger partial charge in [-0.05, 0) is 56.1 Å². The van der Waals surface area contributed by atoms with Crippen molar-refractivity contribution < 1.29 is 32.2 Å². The van der Waals surface area contributed by atoms with Gasteiger partial charge >= 0.3 is 5.97 Å². The van der Waals surface area contributed by atoms with Crippen molar-refractivity contribution in [3.8, 4) is 0 Å². The summed E-state index contributed by atoms with van der Waals surface area (Å²) in [6.45, 7) is 7.51. The zero-order chi connectivity index (χ0) is 27.7. The second kappa shape index (κ2) is 14.2. The minimum absolute atomic E-state index is 0.0658. The highest BCUT2D eigenvalue weighted by atomic mass is 32.2. The second-order valence-electron chi connectivity index (χ2n) is 8.82. The number of rotatable bonds is 14.